The SMILES string of the molecule is CCOC(=O)c1nc(C(=O)NCC(C)C(C)(C)C)cs1. The molecular weight excluding hydrogens is 276 g/mol. The fourth-order valence-corrected chi connectivity index (χ4v) is 2.00. The zero-order chi connectivity index (χ0) is 15.3. The van der Waals surface area contributed by atoms with Gasteiger partial charge in [-0.3, -0.25) is 4.79 Å². The predicted molar refractivity (Wildman–Crippen MR) is 79.0 cm³/mol. The molecule has 0 spiro atoms. The molecule has 0 radical (unpaired) electrons. The molecule has 0 aliphatic carbocycles. The van der Waals surface area contributed by atoms with Gasteiger partial charge in [-0.2, -0.15) is 0 Å². The number of carbonyl (C=O) groups excluding carboxylic acids is 2. The highest BCUT2D eigenvalue weighted by molar-refractivity contribution is 7.11. The lowest BCUT2D eigenvalue weighted by atomic mass is 9.82. The minimum Gasteiger partial charge on any atom is -0.461 e. The zero-order valence-electron chi connectivity index (χ0n) is 12.6. The highest BCUT2D eigenvalue weighted by Gasteiger charge is 2.21. The normalized spacial score (nSPS) is 12.8. The molecule has 0 saturated carbocycles. The van der Waals surface area contributed by atoms with Crippen LogP contribution in [0.2, 0.25) is 0 Å². The van der Waals surface area contributed by atoms with Gasteiger partial charge in [-0.15, -0.1) is 11.3 Å². The number of esters is 1. The average Bonchev–Trinajstić information content (AvgIpc) is 2.84. The van der Waals surface area contributed by atoms with Crippen molar-refractivity contribution in [1.29, 1.82) is 0 Å². The van der Waals surface area contributed by atoms with Gasteiger partial charge in [0.2, 0.25) is 5.01 Å². The van der Waals surface area contributed by atoms with Crippen molar-refractivity contribution >= 4 is 23.2 Å². The first-order valence-corrected chi connectivity index (χ1v) is 7.54. The van der Waals surface area contributed by atoms with Gasteiger partial charge >= 0.3 is 5.97 Å². The standard InChI is InChI=1S/C14H22N2O3S/c1-6-19-13(18)12-16-10(8-20-12)11(17)15-7-9(2)14(3,4)5/h8-9H,6-7H2,1-5H3,(H,15,17). The van der Waals surface area contributed by atoms with Gasteiger partial charge in [0.05, 0.1) is 6.61 Å². The van der Waals surface area contributed by atoms with Crippen molar-refractivity contribution in [2.24, 2.45) is 11.3 Å². The molecule has 1 heterocycles. The highest BCUT2D eigenvalue weighted by atomic mass is 32.1. The molecule has 1 aromatic heterocycles. The van der Waals surface area contributed by atoms with Gasteiger partial charge in [-0.1, -0.05) is 27.7 Å². The van der Waals surface area contributed by atoms with E-state index in [4.69, 9.17) is 4.74 Å². The lowest BCUT2D eigenvalue weighted by Crippen LogP contribution is -2.33. The van der Waals surface area contributed by atoms with Crippen LogP contribution < -0.4 is 5.32 Å². The van der Waals surface area contributed by atoms with Gasteiger partial charge in [0.1, 0.15) is 5.69 Å². The Bertz CT molecular complexity index is 477. The summed E-state index contributed by atoms with van der Waals surface area (Å²) in [6, 6.07) is 0. The zero-order valence-corrected chi connectivity index (χ0v) is 13.5. The minimum atomic E-state index is -0.486. The van der Waals surface area contributed by atoms with E-state index in [1.54, 1.807) is 12.3 Å². The Labute approximate surface area is 123 Å². The number of hydrogen-bond donors (Lipinski definition) is 1. The van der Waals surface area contributed by atoms with Crippen molar-refractivity contribution in [3.8, 4) is 0 Å². The second-order valence-electron chi connectivity index (χ2n) is 5.74. The Balaban J connectivity index is 2.59. The summed E-state index contributed by atoms with van der Waals surface area (Å²) in [6.07, 6.45) is 0. The van der Waals surface area contributed by atoms with E-state index >= 15 is 0 Å². The maximum Gasteiger partial charge on any atom is 0.367 e. The summed E-state index contributed by atoms with van der Waals surface area (Å²) in [7, 11) is 0. The lowest BCUT2D eigenvalue weighted by Gasteiger charge is -2.27. The van der Waals surface area contributed by atoms with Gasteiger partial charge < -0.3 is 10.1 Å². The molecule has 1 amide bonds. The molecule has 1 aromatic rings. The molecule has 1 N–H and O–H groups in total. The van der Waals surface area contributed by atoms with Crippen LogP contribution in [-0.4, -0.2) is 30.0 Å². The van der Waals surface area contributed by atoms with Crippen LogP contribution in [0.4, 0.5) is 0 Å². The number of carbonyl (C=O) groups is 2. The van der Waals surface area contributed by atoms with Gasteiger partial charge in [0.25, 0.3) is 5.91 Å². The van der Waals surface area contributed by atoms with Gasteiger partial charge in [0.15, 0.2) is 0 Å². The van der Waals surface area contributed by atoms with Crippen LogP contribution in [0.25, 0.3) is 0 Å². The van der Waals surface area contributed by atoms with E-state index in [0.717, 1.165) is 11.3 Å². The van der Waals surface area contributed by atoms with E-state index in [2.05, 4.69) is 38.0 Å². The first-order chi connectivity index (χ1) is 9.25. The number of hydrogen-bond acceptors (Lipinski definition) is 5. The Kier molecular flexibility index (Phi) is 5.68. The van der Waals surface area contributed by atoms with E-state index in [0.29, 0.717) is 19.1 Å². The van der Waals surface area contributed by atoms with Gasteiger partial charge in [0, 0.05) is 11.9 Å². The summed E-state index contributed by atoms with van der Waals surface area (Å²) in [5.41, 5.74) is 0.394. The maximum atomic E-state index is 12.0. The fourth-order valence-electron chi connectivity index (χ4n) is 1.31. The largest absolute Gasteiger partial charge is 0.461 e. The molecule has 0 saturated heterocycles. The molecule has 1 rings (SSSR count). The highest BCUT2D eigenvalue weighted by Crippen LogP contribution is 2.24. The van der Waals surface area contributed by atoms with E-state index in [1.165, 1.54) is 0 Å². The number of rotatable bonds is 5. The second kappa shape index (κ2) is 6.83. The van der Waals surface area contributed by atoms with Crippen LogP contribution >= 0.6 is 11.3 Å². The van der Waals surface area contributed by atoms with Gasteiger partial charge in [-0.05, 0) is 18.3 Å². The summed E-state index contributed by atoms with van der Waals surface area (Å²) >= 11 is 1.12. The molecule has 0 bridgehead atoms. The number of nitrogens with one attached hydrogen (secondary N) is 1. The predicted octanol–water partition coefficient (Wildman–Crippen LogP) is 2.73. The first-order valence-electron chi connectivity index (χ1n) is 6.66. The quantitative estimate of drug-likeness (QED) is 0.849. The van der Waals surface area contributed by atoms with Crippen LogP contribution in [0, 0.1) is 11.3 Å². The van der Waals surface area contributed by atoms with Crippen LogP contribution in [0.5, 0.6) is 0 Å². The molecule has 20 heavy (non-hydrogen) atoms. The van der Waals surface area contributed by atoms with E-state index < -0.39 is 5.97 Å². The second-order valence-corrected chi connectivity index (χ2v) is 6.59. The van der Waals surface area contributed by atoms with Crippen LogP contribution in [0.1, 0.15) is 54.9 Å². The molecule has 0 aliphatic rings. The minimum absolute atomic E-state index is 0.130. The Morgan fingerprint density at radius 2 is 2.10 bits per heavy atom. The average molecular weight is 298 g/mol. The molecule has 5 nitrogen and oxygen atoms in total. The molecular formula is C14H22N2O3S. The van der Waals surface area contributed by atoms with Gasteiger partial charge in [-0.25, -0.2) is 9.78 Å². The summed E-state index contributed by atoms with van der Waals surface area (Å²) in [5.74, 6) is -0.401. The van der Waals surface area contributed by atoms with Crippen molar-refractivity contribution in [3.63, 3.8) is 0 Å². The van der Waals surface area contributed by atoms with Crippen molar-refractivity contribution < 1.29 is 14.3 Å². The Hall–Kier alpha value is -1.43. The third-order valence-corrected chi connectivity index (χ3v) is 4.06. The Morgan fingerprint density at radius 3 is 2.65 bits per heavy atom. The van der Waals surface area contributed by atoms with Crippen LogP contribution in [0.3, 0.4) is 0 Å². The van der Waals surface area contributed by atoms with Crippen LogP contribution in [-0.2, 0) is 4.74 Å². The first kappa shape index (κ1) is 16.6. The molecule has 1 atom stereocenters. The Morgan fingerprint density at radius 1 is 1.45 bits per heavy atom. The fraction of sp³-hybridized carbons (Fsp3) is 0.643. The summed E-state index contributed by atoms with van der Waals surface area (Å²) in [4.78, 5) is 27.4. The number of nitrogens with zero attached hydrogens (tertiary/aromatic N) is 1. The molecule has 0 aromatic carbocycles. The van der Waals surface area contributed by atoms with Crippen LogP contribution in [0.15, 0.2) is 5.38 Å². The monoisotopic (exact) mass is 298 g/mol. The smallest absolute Gasteiger partial charge is 0.367 e. The topological polar surface area (TPSA) is 68.3 Å². The van der Waals surface area contributed by atoms with Crippen molar-refractivity contribution in [2.45, 2.75) is 34.6 Å². The maximum absolute atomic E-state index is 12.0. The molecule has 112 valence electrons. The third-order valence-electron chi connectivity index (χ3n) is 3.23. The van der Waals surface area contributed by atoms with E-state index in [1.807, 2.05) is 0 Å². The molecule has 0 fully saturated rings. The lowest BCUT2D eigenvalue weighted by molar-refractivity contribution is 0.0526. The van der Waals surface area contributed by atoms with Crippen molar-refractivity contribution in [2.75, 3.05) is 13.2 Å². The summed E-state index contributed by atoms with van der Waals surface area (Å²) in [5, 5.41) is 4.62. The van der Waals surface area contributed by atoms with Crippen molar-refractivity contribution in [3.05, 3.63) is 16.1 Å². The summed E-state index contributed by atoms with van der Waals surface area (Å²) < 4.78 is 4.84. The molecule has 0 aliphatic heterocycles. The molecule has 1 unspecified atom stereocenters. The number of thiazole rings is 1. The number of amides is 1. The van der Waals surface area contributed by atoms with E-state index in [-0.39, 0.29) is 22.0 Å². The molecule has 6 heteroatoms. The number of aromatic nitrogens is 1. The third kappa shape index (κ3) is 4.59. The van der Waals surface area contributed by atoms with E-state index in [9.17, 15) is 9.59 Å². The van der Waals surface area contributed by atoms with Crippen molar-refractivity contribution in [1.82, 2.24) is 10.3 Å². The summed E-state index contributed by atoms with van der Waals surface area (Å²) in [6.45, 7) is 11.1. The number of ether oxygens (including phenoxy) is 1.